The Balaban J connectivity index is 1.29. The van der Waals surface area contributed by atoms with E-state index in [0.717, 1.165) is 45.7 Å². The van der Waals surface area contributed by atoms with E-state index in [-0.39, 0.29) is 48.4 Å². The summed E-state index contributed by atoms with van der Waals surface area (Å²) in [6, 6.07) is 18.0. The lowest BCUT2D eigenvalue weighted by atomic mass is 9.52. The highest BCUT2D eigenvalue weighted by atomic mass is 16.7. The first kappa shape index (κ1) is 42.9. The summed E-state index contributed by atoms with van der Waals surface area (Å²) in [5.41, 5.74) is 6.97. The largest absolute Gasteiger partial charge is 0.497 e. The third-order valence-corrected chi connectivity index (χ3v) is 12.2. The summed E-state index contributed by atoms with van der Waals surface area (Å²) in [4.78, 5) is 38.6. The van der Waals surface area contributed by atoms with E-state index in [1.807, 2.05) is 93.8 Å². The first-order valence-corrected chi connectivity index (χ1v) is 20.1. The summed E-state index contributed by atoms with van der Waals surface area (Å²) in [6.07, 6.45) is 1.96. The van der Waals surface area contributed by atoms with Gasteiger partial charge in [-0.2, -0.15) is 5.06 Å². The molecular formula is C46H61N5O7. The average Bonchev–Trinajstić information content (AvgIpc) is 3.56. The molecular weight excluding hydrogens is 735 g/mol. The number of anilines is 1. The lowest BCUT2D eigenvalue weighted by molar-refractivity contribution is -0.182. The number of methoxy groups -OCH3 is 2. The van der Waals surface area contributed by atoms with Crippen LogP contribution >= 0.6 is 0 Å². The Bertz CT molecular complexity index is 2010. The van der Waals surface area contributed by atoms with Crippen molar-refractivity contribution in [2.75, 3.05) is 60.5 Å². The van der Waals surface area contributed by atoms with Crippen molar-refractivity contribution in [3.63, 3.8) is 0 Å². The maximum atomic E-state index is 14.3. The maximum absolute atomic E-state index is 14.3. The van der Waals surface area contributed by atoms with E-state index in [4.69, 9.17) is 14.3 Å². The molecule has 3 aliphatic carbocycles. The smallest absolute Gasteiger partial charge is 0.251 e. The molecule has 12 nitrogen and oxygen atoms in total. The highest BCUT2D eigenvalue weighted by Gasteiger charge is 2.52. The molecule has 0 spiro atoms. The van der Waals surface area contributed by atoms with Crippen LogP contribution in [0.2, 0.25) is 0 Å². The van der Waals surface area contributed by atoms with Gasteiger partial charge in [-0.3, -0.25) is 14.4 Å². The lowest BCUT2D eigenvalue weighted by Crippen LogP contribution is -2.55. The number of carbonyl (C=O) groups is 2. The van der Waals surface area contributed by atoms with E-state index in [9.17, 15) is 19.8 Å². The molecule has 0 unspecified atom stereocenters. The SMILES string of the molecule is C=C1[C@@H](NC(=O)[C@@H]2[C@H]([C@H](C)O)[C@H](CO)ON2Cc2cccc(-c3cc(C(=O)N[C@@H](Cc4ccc(OC)cc4)CN(C)C)cc(N(C)C)c3)c2OC)C=C2C[C@@H]1C2(C)C. The first-order valence-electron chi connectivity index (χ1n) is 20.1. The molecule has 1 aliphatic heterocycles. The van der Waals surface area contributed by atoms with E-state index >= 15 is 0 Å². The zero-order valence-electron chi connectivity index (χ0n) is 35.4. The Morgan fingerprint density at radius 3 is 2.36 bits per heavy atom. The first-order chi connectivity index (χ1) is 27.6. The predicted octanol–water partition coefficient (Wildman–Crippen LogP) is 4.84. The van der Waals surface area contributed by atoms with Crippen LogP contribution in [0.15, 0.2) is 84.5 Å². The van der Waals surface area contributed by atoms with Crippen LogP contribution in [0.1, 0.15) is 48.7 Å². The molecule has 3 aromatic carbocycles. The summed E-state index contributed by atoms with van der Waals surface area (Å²) >= 11 is 0. The predicted molar refractivity (Wildman–Crippen MR) is 227 cm³/mol. The molecule has 0 radical (unpaired) electrons. The molecule has 7 atom stereocenters. The topological polar surface area (TPSA) is 136 Å². The molecule has 2 bridgehead atoms. The number of nitrogens with one attached hydrogen (secondary N) is 2. The van der Waals surface area contributed by atoms with Gasteiger partial charge < -0.3 is 40.1 Å². The number of benzene rings is 3. The van der Waals surface area contributed by atoms with Crippen molar-refractivity contribution in [1.29, 1.82) is 0 Å². The summed E-state index contributed by atoms with van der Waals surface area (Å²) in [5, 5.41) is 29.4. The molecule has 2 fully saturated rings. The van der Waals surface area contributed by atoms with Gasteiger partial charge in [0.25, 0.3) is 5.91 Å². The molecule has 12 heteroatoms. The number of fused-ring (bicyclic) bond motifs is 2. The van der Waals surface area contributed by atoms with Crippen LogP contribution in [0.25, 0.3) is 11.1 Å². The van der Waals surface area contributed by atoms with E-state index in [0.29, 0.717) is 24.3 Å². The zero-order chi connectivity index (χ0) is 42.1. The fraction of sp³-hybridized carbons (Fsp3) is 0.478. The van der Waals surface area contributed by atoms with Crippen molar-refractivity contribution < 1.29 is 34.1 Å². The van der Waals surface area contributed by atoms with Gasteiger partial charge >= 0.3 is 0 Å². The normalized spacial score (nSPS) is 23.4. The number of para-hydroxylation sites is 1. The quantitative estimate of drug-likeness (QED) is 0.149. The van der Waals surface area contributed by atoms with Gasteiger partial charge in [-0.05, 0) is 92.2 Å². The lowest BCUT2D eigenvalue weighted by Gasteiger charge is -2.54. The Labute approximate surface area is 343 Å². The molecule has 312 valence electrons. The van der Waals surface area contributed by atoms with Gasteiger partial charge in [0, 0.05) is 55.0 Å². The van der Waals surface area contributed by atoms with Gasteiger partial charge in [0.1, 0.15) is 23.6 Å². The summed E-state index contributed by atoms with van der Waals surface area (Å²) in [7, 11) is 11.1. The van der Waals surface area contributed by atoms with Crippen molar-refractivity contribution in [2.45, 2.75) is 70.5 Å². The van der Waals surface area contributed by atoms with Crippen LogP contribution in [0, 0.1) is 17.3 Å². The fourth-order valence-corrected chi connectivity index (χ4v) is 8.90. The highest BCUT2D eigenvalue weighted by Crippen LogP contribution is 2.57. The van der Waals surface area contributed by atoms with E-state index in [1.165, 1.54) is 5.57 Å². The Kier molecular flexibility index (Phi) is 13.0. The average molecular weight is 796 g/mol. The molecule has 1 saturated heterocycles. The van der Waals surface area contributed by atoms with Crippen LogP contribution in [0.3, 0.4) is 0 Å². The van der Waals surface area contributed by atoms with Crippen molar-refractivity contribution in [2.24, 2.45) is 17.3 Å². The summed E-state index contributed by atoms with van der Waals surface area (Å²) in [5.74, 6) is 0.402. The monoisotopic (exact) mass is 795 g/mol. The van der Waals surface area contributed by atoms with E-state index in [2.05, 4.69) is 42.0 Å². The van der Waals surface area contributed by atoms with Crippen LogP contribution in [-0.4, -0.2) is 118 Å². The van der Waals surface area contributed by atoms with Gasteiger partial charge in [-0.15, -0.1) is 0 Å². The number of amides is 2. The Morgan fingerprint density at radius 2 is 1.78 bits per heavy atom. The van der Waals surface area contributed by atoms with Crippen molar-refractivity contribution >= 4 is 17.5 Å². The molecule has 3 aromatic rings. The number of rotatable bonds is 16. The minimum Gasteiger partial charge on any atom is -0.497 e. The summed E-state index contributed by atoms with van der Waals surface area (Å²) < 4.78 is 11.4. The van der Waals surface area contributed by atoms with Crippen LogP contribution in [0.4, 0.5) is 5.69 Å². The number of hydrogen-bond donors (Lipinski definition) is 4. The number of carbonyl (C=O) groups excluding carboxylic acids is 2. The minimum absolute atomic E-state index is 0.0372. The second-order valence-electron chi connectivity index (χ2n) is 17.0. The molecule has 4 N–H and O–H groups in total. The number of aliphatic hydroxyl groups excluding tert-OH is 2. The highest BCUT2D eigenvalue weighted by molar-refractivity contribution is 5.97. The number of hydrogen-bond acceptors (Lipinski definition) is 10. The minimum atomic E-state index is -0.946. The second kappa shape index (κ2) is 17.6. The number of hydroxylamine groups is 2. The Morgan fingerprint density at radius 1 is 1.05 bits per heavy atom. The van der Waals surface area contributed by atoms with Crippen molar-refractivity contribution in [3.8, 4) is 22.6 Å². The van der Waals surface area contributed by atoms with Gasteiger partial charge in [0.05, 0.1) is 39.5 Å². The maximum Gasteiger partial charge on any atom is 0.251 e. The van der Waals surface area contributed by atoms with Crippen molar-refractivity contribution in [3.05, 3.63) is 101 Å². The number of aliphatic hydroxyl groups is 2. The Hall–Kier alpha value is -4.72. The molecule has 7 rings (SSSR count). The molecule has 4 aliphatic rings. The van der Waals surface area contributed by atoms with E-state index < -0.39 is 24.2 Å². The van der Waals surface area contributed by atoms with Crippen molar-refractivity contribution in [1.82, 2.24) is 20.6 Å². The number of allylic oxidation sites excluding steroid dienone is 1. The molecule has 2 amide bonds. The number of nitrogens with zero attached hydrogens (tertiary/aromatic N) is 3. The van der Waals surface area contributed by atoms with Gasteiger partial charge in [0.15, 0.2) is 0 Å². The third-order valence-electron chi connectivity index (χ3n) is 12.2. The van der Waals surface area contributed by atoms with E-state index in [1.54, 1.807) is 26.2 Å². The van der Waals surface area contributed by atoms with Crippen LogP contribution < -0.4 is 25.0 Å². The van der Waals surface area contributed by atoms with Gasteiger partial charge in [0.2, 0.25) is 5.91 Å². The van der Waals surface area contributed by atoms with Crippen LogP contribution in [0.5, 0.6) is 11.5 Å². The third kappa shape index (κ3) is 8.81. The zero-order valence-corrected chi connectivity index (χ0v) is 35.4. The molecule has 1 saturated carbocycles. The number of ether oxygens (including phenoxy) is 2. The van der Waals surface area contributed by atoms with Crippen LogP contribution in [-0.2, 0) is 22.6 Å². The second-order valence-corrected chi connectivity index (χ2v) is 17.0. The standard InChI is InChI=1S/C46H61N5O7/c1-27-38-22-33(46(38,3)4)23-39(27)48-45(55)42-41(28(2)53)40(26-52)58-51(42)24-30-12-11-13-37(43(30)57-10)31-19-32(21-35(20-31)50(7)8)44(54)47-34(25-49(5)6)18-29-14-16-36(56-9)17-15-29/h11-17,19-21,23,28,34,38-42,52-53H,1,18,22,24-26H2,2-10H3,(H,47,54)(H,48,55)/t28-,34-,38-,39-,40-,41+,42-/m0/s1. The number of likely N-dealkylation sites (N-methyl/N-ethyl adjacent to an activating group) is 1. The van der Waals surface area contributed by atoms with Gasteiger partial charge in [-0.25, -0.2) is 0 Å². The summed E-state index contributed by atoms with van der Waals surface area (Å²) in [6.45, 7) is 10.8. The fourth-order valence-electron chi connectivity index (χ4n) is 8.90. The molecule has 58 heavy (non-hydrogen) atoms. The molecule has 0 aromatic heterocycles. The van der Waals surface area contributed by atoms with Gasteiger partial charge in [-0.1, -0.05) is 62.4 Å². The molecule has 1 heterocycles.